The van der Waals surface area contributed by atoms with Crippen molar-refractivity contribution in [1.29, 1.82) is 5.41 Å². The molecule has 0 unspecified atom stereocenters. The number of fused-ring (bicyclic) bond motifs is 1. The minimum atomic E-state index is -4.32. The molecule has 2 amide bonds. The minimum absolute atomic E-state index is 0.0631. The van der Waals surface area contributed by atoms with Crippen molar-refractivity contribution in [2.75, 3.05) is 40.9 Å². The van der Waals surface area contributed by atoms with Crippen LogP contribution in [0.4, 0.5) is 0 Å². The SMILES string of the molecule is CC(=O)O.COC(=O)CN(Cc1ccc(OC)cc1)C(=O)[C@H](CC(=O)N(C)[C@H]1CCCN(C(=N)N)C1)NS(=O)(=O)c1ccc2ccccc2c1. The fraction of sp³-hybridized carbons (Fsp3) is 0.382. The van der Waals surface area contributed by atoms with Gasteiger partial charge in [-0.05, 0) is 53.4 Å². The zero-order valence-corrected chi connectivity index (χ0v) is 29.3. The van der Waals surface area contributed by atoms with Crippen molar-refractivity contribution in [3.8, 4) is 5.75 Å². The Kier molecular flexibility index (Phi) is 14.1. The number of hydrogen-bond acceptors (Lipinski definition) is 9. The molecule has 4 rings (SSSR count). The van der Waals surface area contributed by atoms with Gasteiger partial charge in [0.15, 0.2) is 5.96 Å². The molecule has 0 spiro atoms. The Hall–Kier alpha value is -5.22. The highest BCUT2D eigenvalue weighted by molar-refractivity contribution is 7.89. The quantitative estimate of drug-likeness (QED) is 0.121. The zero-order chi connectivity index (χ0) is 37.0. The number of hydrogen-bond donors (Lipinski definition) is 4. The van der Waals surface area contributed by atoms with Crippen LogP contribution in [0, 0.1) is 5.41 Å². The molecule has 270 valence electrons. The van der Waals surface area contributed by atoms with E-state index in [1.165, 1.54) is 31.3 Å². The van der Waals surface area contributed by atoms with Gasteiger partial charge in [-0.25, -0.2) is 8.42 Å². The van der Waals surface area contributed by atoms with Crippen molar-refractivity contribution in [2.24, 2.45) is 5.73 Å². The number of esters is 1. The van der Waals surface area contributed by atoms with E-state index in [-0.39, 0.29) is 23.4 Å². The maximum atomic E-state index is 14.2. The molecule has 1 heterocycles. The second-order valence-corrected chi connectivity index (χ2v) is 13.4. The van der Waals surface area contributed by atoms with Gasteiger partial charge in [-0.1, -0.05) is 42.5 Å². The van der Waals surface area contributed by atoms with Crippen molar-refractivity contribution < 1.29 is 42.2 Å². The van der Waals surface area contributed by atoms with Crippen LogP contribution in [0.25, 0.3) is 10.8 Å². The third-order valence-electron chi connectivity index (χ3n) is 8.08. The number of ether oxygens (including phenoxy) is 2. The molecule has 3 aromatic carbocycles. The average Bonchev–Trinajstić information content (AvgIpc) is 3.10. The predicted octanol–water partition coefficient (Wildman–Crippen LogP) is 1.99. The number of likely N-dealkylation sites (tertiary alicyclic amines) is 1. The fourth-order valence-corrected chi connectivity index (χ4v) is 6.61. The Labute approximate surface area is 291 Å². The Morgan fingerprint density at radius 2 is 1.70 bits per heavy atom. The first kappa shape index (κ1) is 39.2. The Morgan fingerprint density at radius 3 is 2.30 bits per heavy atom. The smallest absolute Gasteiger partial charge is 0.325 e. The number of likely N-dealkylation sites (N-methyl/N-ethyl adjacent to an activating group) is 1. The molecule has 0 aromatic heterocycles. The third-order valence-corrected chi connectivity index (χ3v) is 9.54. The molecule has 2 atom stereocenters. The maximum Gasteiger partial charge on any atom is 0.325 e. The molecular formula is C34H44N6O9S. The molecule has 15 nitrogen and oxygen atoms in total. The predicted molar refractivity (Wildman–Crippen MR) is 186 cm³/mol. The number of guanidine groups is 1. The van der Waals surface area contributed by atoms with Crippen molar-refractivity contribution in [2.45, 2.75) is 49.7 Å². The van der Waals surface area contributed by atoms with Gasteiger partial charge in [0.05, 0.1) is 25.5 Å². The van der Waals surface area contributed by atoms with E-state index in [1.54, 1.807) is 54.4 Å². The number of methoxy groups -OCH3 is 2. The molecule has 50 heavy (non-hydrogen) atoms. The van der Waals surface area contributed by atoms with Gasteiger partial charge in [-0.15, -0.1) is 0 Å². The summed E-state index contributed by atoms with van der Waals surface area (Å²) in [7, 11) is -0.0256. The summed E-state index contributed by atoms with van der Waals surface area (Å²) in [5.74, 6) is -2.32. The van der Waals surface area contributed by atoms with Crippen molar-refractivity contribution in [1.82, 2.24) is 19.4 Å². The maximum absolute atomic E-state index is 14.2. The van der Waals surface area contributed by atoms with E-state index in [4.69, 9.17) is 30.5 Å². The summed E-state index contributed by atoms with van der Waals surface area (Å²) in [5.41, 5.74) is 6.33. The van der Waals surface area contributed by atoms with E-state index in [0.717, 1.165) is 17.2 Å². The van der Waals surface area contributed by atoms with Gasteiger partial charge < -0.3 is 35.0 Å². The number of nitrogens with two attached hydrogens (primary N) is 1. The largest absolute Gasteiger partial charge is 0.497 e. The van der Waals surface area contributed by atoms with Crippen LogP contribution in [-0.2, 0) is 40.5 Å². The number of nitrogens with one attached hydrogen (secondary N) is 2. The van der Waals surface area contributed by atoms with Crippen LogP contribution >= 0.6 is 0 Å². The summed E-state index contributed by atoms with van der Waals surface area (Å²) >= 11 is 0. The number of nitrogens with zero attached hydrogens (tertiary/aromatic N) is 3. The second kappa shape index (κ2) is 18.0. The standard InChI is InChI=1S/C32H40N6O7S.C2H4O2/c1-36(25-9-6-16-37(20-25)32(33)34)29(39)18-28(35-46(42,43)27-15-12-23-7-4-5-8-24(23)17-27)31(41)38(21-30(40)45-3)19-22-10-13-26(44-2)14-11-22;1-2(3)4/h4-5,7-8,10-15,17,25,28,35H,6,9,16,18-21H2,1-3H3,(H3,33,34);1H3,(H,3,4)/t25-,28-;/m0./s1. The molecule has 1 fully saturated rings. The molecule has 0 radical (unpaired) electrons. The molecule has 1 saturated heterocycles. The number of aliphatic carboxylic acids is 1. The van der Waals surface area contributed by atoms with Crippen molar-refractivity contribution in [3.05, 3.63) is 72.3 Å². The Bertz CT molecular complexity index is 1780. The highest BCUT2D eigenvalue weighted by Crippen LogP contribution is 2.22. The van der Waals surface area contributed by atoms with Gasteiger partial charge >= 0.3 is 5.97 Å². The lowest BCUT2D eigenvalue weighted by molar-refractivity contribution is -0.148. The molecular weight excluding hydrogens is 668 g/mol. The summed E-state index contributed by atoms with van der Waals surface area (Å²) in [6.07, 6.45) is 0.839. The van der Waals surface area contributed by atoms with E-state index in [2.05, 4.69) is 4.72 Å². The van der Waals surface area contributed by atoms with Crippen LogP contribution in [0.5, 0.6) is 5.75 Å². The van der Waals surface area contributed by atoms with Crippen LogP contribution in [0.15, 0.2) is 71.6 Å². The lowest BCUT2D eigenvalue weighted by Crippen LogP contribution is -2.54. The number of piperidine rings is 1. The number of carboxylic acids is 1. The molecule has 3 aromatic rings. The van der Waals surface area contributed by atoms with Crippen LogP contribution in [0.1, 0.15) is 31.7 Å². The van der Waals surface area contributed by atoms with E-state index < -0.39 is 52.8 Å². The summed E-state index contributed by atoms with van der Waals surface area (Å²) in [5, 5.41) is 16.7. The van der Waals surface area contributed by atoms with E-state index in [9.17, 15) is 22.8 Å². The molecule has 0 saturated carbocycles. The van der Waals surface area contributed by atoms with Crippen LogP contribution in [0.3, 0.4) is 0 Å². The van der Waals surface area contributed by atoms with E-state index in [0.29, 0.717) is 42.6 Å². The van der Waals surface area contributed by atoms with Gasteiger partial charge in [0, 0.05) is 39.6 Å². The molecule has 1 aliphatic heterocycles. The zero-order valence-electron chi connectivity index (χ0n) is 28.5. The van der Waals surface area contributed by atoms with Gasteiger partial charge in [0.1, 0.15) is 18.3 Å². The summed E-state index contributed by atoms with van der Waals surface area (Å²) < 4.78 is 40.0. The second-order valence-electron chi connectivity index (χ2n) is 11.7. The van der Waals surface area contributed by atoms with Gasteiger partial charge in [0.2, 0.25) is 21.8 Å². The number of carboxylic acid groups (broad SMARTS) is 1. The average molecular weight is 713 g/mol. The van der Waals surface area contributed by atoms with Gasteiger partial charge in [0.25, 0.3) is 5.97 Å². The molecule has 1 aliphatic rings. The third kappa shape index (κ3) is 11.2. The van der Waals surface area contributed by atoms with Crippen LogP contribution in [-0.4, -0.2) is 111 Å². The summed E-state index contributed by atoms with van der Waals surface area (Å²) in [6, 6.07) is 16.8. The lowest BCUT2D eigenvalue weighted by atomic mass is 10.0. The molecule has 5 N–H and O–H groups in total. The summed E-state index contributed by atoms with van der Waals surface area (Å²) in [4.78, 5) is 53.5. The van der Waals surface area contributed by atoms with E-state index >= 15 is 0 Å². The van der Waals surface area contributed by atoms with Crippen molar-refractivity contribution in [3.63, 3.8) is 0 Å². The Balaban J connectivity index is 0.00000160. The monoisotopic (exact) mass is 712 g/mol. The Morgan fingerprint density at radius 1 is 1.06 bits per heavy atom. The van der Waals surface area contributed by atoms with Crippen molar-refractivity contribution >= 4 is 50.5 Å². The molecule has 16 heteroatoms. The lowest BCUT2D eigenvalue weighted by Gasteiger charge is -2.38. The normalized spacial score (nSPS) is 14.8. The van der Waals surface area contributed by atoms with Gasteiger partial charge in [-0.2, -0.15) is 4.72 Å². The molecule has 0 aliphatic carbocycles. The first-order valence-corrected chi connectivity index (χ1v) is 17.2. The van der Waals surface area contributed by atoms with E-state index in [1.807, 2.05) is 12.1 Å². The number of rotatable bonds is 12. The van der Waals surface area contributed by atoms with Gasteiger partial charge in [-0.3, -0.25) is 24.6 Å². The topological polar surface area (TPSA) is 213 Å². The molecule has 0 bridgehead atoms. The number of benzene rings is 3. The number of sulfonamides is 1. The first-order valence-electron chi connectivity index (χ1n) is 15.7. The van der Waals surface area contributed by atoms with Crippen LogP contribution in [0.2, 0.25) is 0 Å². The first-order chi connectivity index (χ1) is 23.6. The van der Waals surface area contributed by atoms with Crippen LogP contribution < -0.4 is 15.2 Å². The summed E-state index contributed by atoms with van der Waals surface area (Å²) in [6.45, 7) is 1.47. The highest BCUT2D eigenvalue weighted by atomic mass is 32.2. The highest BCUT2D eigenvalue weighted by Gasteiger charge is 2.35. The fourth-order valence-electron chi connectivity index (χ4n) is 5.39. The minimum Gasteiger partial charge on any atom is -0.497 e. The number of carbonyl (C=O) groups excluding carboxylic acids is 3. The number of amides is 2. The number of carbonyl (C=O) groups is 4.